The van der Waals surface area contributed by atoms with Gasteiger partial charge in [0.2, 0.25) is 0 Å². The Hall–Kier alpha value is -2.44. The standard InChI is InChI=1S/C9H6N2O5/c1-3-6-4(8(12)13)2-5(9(14)15)10-7(6)16-11-3/h2H,1H3,(H,12,13)(H,14,15). The molecule has 82 valence electrons. The van der Waals surface area contributed by atoms with Gasteiger partial charge in [-0.1, -0.05) is 5.16 Å². The summed E-state index contributed by atoms with van der Waals surface area (Å²) in [4.78, 5) is 25.3. The number of carboxylic acids is 2. The van der Waals surface area contributed by atoms with Crippen molar-refractivity contribution in [3.63, 3.8) is 0 Å². The van der Waals surface area contributed by atoms with E-state index in [1.165, 1.54) is 0 Å². The van der Waals surface area contributed by atoms with Gasteiger partial charge in [0.25, 0.3) is 5.71 Å². The Balaban J connectivity index is 2.86. The van der Waals surface area contributed by atoms with Crippen LogP contribution in [0.3, 0.4) is 0 Å². The van der Waals surface area contributed by atoms with Crippen LogP contribution in [0.15, 0.2) is 10.6 Å². The van der Waals surface area contributed by atoms with Crippen molar-refractivity contribution in [2.24, 2.45) is 0 Å². The highest BCUT2D eigenvalue weighted by Crippen LogP contribution is 2.21. The number of nitrogens with zero attached hydrogens (tertiary/aromatic N) is 2. The van der Waals surface area contributed by atoms with E-state index >= 15 is 0 Å². The summed E-state index contributed by atoms with van der Waals surface area (Å²) < 4.78 is 4.74. The van der Waals surface area contributed by atoms with Crippen molar-refractivity contribution in [1.82, 2.24) is 10.1 Å². The summed E-state index contributed by atoms with van der Waals surface area (Å²) >= 11 is 0. The fourth-order valence-corrected chi connectivity index (χ4v) is 1.37. The molecule has 2 heterocycles. The molecular weight excluding hydrogens is 216 g/mol. The zero-order valence-electron chi connectivity index (χ0n) is 8.09. The lowest BCUT2D eigenvalue weighted by atomic mass is 10.1. The maximum absolute atomic E-state index is 10.9. The molecule has 2 N–H and O–H groups in total. The third kappa shape index (κ3) is 1.38. The number of aromatic carboxylic acids is 2. The third-order valence-corrected chi connectivity index (χ3v) is 2.07. The first-order valence-corrected chi connectivity index (χ1v) is 4.24. The SMILES string of the molecule is Cc1noc2nc(C(=O)O)cc(C(=O)O)c12. The molecule has 2 aromatic heterocycles. The average Bonchev–Trinajstić information content (AvgIpc) is 2.59. The van der Waals surface area contributed by atoms with Crippen LogP contribution in [0.1, 0.15) is 26.5 Å². The lowest BCUT2D eigenvalue weighted by Gasteiger charge is -1.98. The minimum Gasteiger partial charge on any atom is -0.478 e. The lowest BCUT2D eigenvalue weighted by molar-refractivity contribution is 0.0690. The van der Waals surface area contributed by atoms with E-state index in [0.29, 0.717) is 5.69 Å². The molecule has 7 heteroatoms. The molecule has 2 aromatic rings. The van der Waals surface area contributed by atoms with Crippen molar-refractivity contribution in [3.8, 4) is 0 Å². The van der Waals surface area contributed by atoms with E-state index in [0.717, 1.165) is 6.07 Å². The normalized spacial score (nSPS) is 10.6. The van der Waals surface area contributed by atoms with Crippen LogP contribution in [0.25, 0.3) is 11.1 Å². The number of carbonyl (C=O) groups is 2. The van der Waals surface area contributed by atoms with Gasteiger partial charge >= 0.3 is 11.9 Å². The van der Waals surface area contributed by atoms with Crippen LogP contribution in [0.5, 0.6) is 0 Å². The van der Waals surface area contributed by atoms with Gasteiger partial charge in [0.05, 0.1) is 16.6 Å². The Labute approximate surface area is 88.3 Å². The Bertz CT molecular complexity index is 601. The predicted octanol–water partition coefficient (Wildman–Crippen LogP) is 0.928. The molecule has 0 saturated carbocycles. The molecule has 0 bridgehead atoms. The van der Waals surface area contributed by atoms with Crippen molar-refractivity contribution in [2.75, 3.05) is 0 Å². The minimum absolute atomic E-state index is 0.0881. The van der Waals surface area contributed by atoms with E-state index in [1.54, 1.807) is 6.92 Å². The molecule has 0 atom stereocenters. The van der Waals surface area contributed by atoms with Crippen molar-refractivity contribution in [2.45, 2.75) is 6.92 Å². The van der Waals surface area contributed by atoms with Gasteiger partial charge in [-0.15, -0.1) is 0 Å². The largest absolute Gasteiger partial charge is 0.478 e. The molecule has 0 aliphatic rings. The van der Waals surface area contributed by atoms with E-state index < -0.39 is 11.9 Å². The first kappa shape index (κ1) is 10.1. The smallest absolute Gasteiger partial charge is 0.354 e. The minimum atomic E-state index is -1.32. The monoisotopic (exact) mass is 222 g/mol. The van der Waals surface area contributed by atoms with Crippen molar-refractivity contribution >= 4 is 23.0 Å². The van der Waals surface area contributed by atoms with E-state index in [-0.39, 0.29) is 22.4 Å². The first-order chi connectivity index (χ1) is 7.50. The zero-order chi connectivity index (χ0) is 11.9. The number of rotatable bonds is 2. The summed E-state index contributed by atoms with van der Waals surface area (Å²) in [6.45, 7) is 1.56. The van der Waals surface area contributed by atoms with Crippen molar-refractivity contribution < 1.29 is 24.3 Å². The van der Waals surface area contributed by atoms with Gasteiger partial charge < -0.3 is 14.7 Å². The van der Waals surface area contributed by atoms with Gasteiger partial charge in [0.15, 0.2) is 5.69 Å². The van der Waals surface area contributed by atoms with Crippen LogP contribution < -0.4 is 0 Å². The maximum atomic E-state index is 10.9. The topological polar surface area (TPSA) is 114 Å². The van der Waals surface area contributed by atoms with Gasteiger partial charge in [0, 0.05) is 0 Å². The molecule has 0 aliphatic heterocycles. The van der Waals surface area contributed by atoms with Gasteiger partial charge in [-0.25, -0.2) is 14.6 Å². The summed E-state index contributed by atoms with van der Waals surface area (Å²) in [5.74, 6) is -2.57. The average molecular weight is 222 g/mol. The molecule has 0 spiro atoms. The first-order valence-electron chi connectivity index (χ1n) is 4.24. The molecule has 7 nitrogen and oxygen atoms in total. The Morgan fingerprint density at radius 2 is 2.00 bits per heavy atom. The summed E-state index contributed by atoms with van der Waals surface area (Å²) in [5, 5.41) is 21.4. The molecule has 0 unspecified atom stereocenters. The number of hydrogen-bond acceptors (Lipinski definition) is 5. The highest BCUT2D eigenvalue weighted by molar-refractivity contribution is 6.04. The molecule has 16 heavy (non-hydrogen) atoms. The molecule has 0 saturated heterocycles. The Kier molecular flexibility index (Phi) is 2.08. The van der Waals surface area contributed by atoms with E-state index in [2.05, 4.69) is 10.1 Å². The molecular formula is C9H6N2O5. The third-order valence-electron chi connectivity index (χ3n) is 2.07. The summed E-state index contributed by atoms with van der Waals surface area (Å²) in [7, 11) is 0. The Morgan fingerprint density at radius 1 is 1.31 bits per heavy atom. The number of aryl methyl sites for hydroxylation is 1. The molecule has 0 aliphatic carbocycles. The molecule has 0 amide bonds. The summed E-state index contributed by atoms with van der Waals surface area (Å²) in [6.07, 6.45) is 0. The number of fused-ring (bicyclic) bond motifs is 1. The number of aromatic nitrogens is 2. The van der Waals surface area contributed by atoms with Crippen molar-refractivity contribution in [1.29, 1.82) is 0 Å². The molecule has 0 aromatic carbocycles. The zero-order valence-corrected chi connectivity index (χ0v) is 8.09. The number of pyridine rings is 1. The van der Waals surface area contributed by atoms with Crippen molar-refractivity contribution in [3.05, 3.63) is 23.0 Å². The van der Waals surface area contributed by atoms with Gasteiger partial charge in [0.1, 0.15) is 0 Å². The van der Waals surface area contributed by atoms with Crippen LogP contribution >= 0.6 is 0 Å². The van der Waals surface area contributed by atoms with E-state index in [1.807, 2.05) is 0 Å². The molecule has 0 radical (unpaired) electrons. The second-order valence-electron chi connectivity index (χ2n) is 3.11. The molecule has 0 fully saturated rings. The van der Waals surface area contributed by atoms with Crippen LogP contribution in [0.4, 0.5) is 0 Å². The quantitative estimate of drug-likeness (QED) is 0.776. The fourth-order valence-electron chi connectivity index (χ4n) is 1.37. The van der Waals surface area contributed by atoms with Crippen LogP contribution in [0, 0.1) is 6.92 Å². The lowest BCUT2D eigenvalue weighted by Crippen LogP contribution is -2.05. The van der Waals surface area contributed by atoms with Gasteiger partial charge in [-0.2, -0.15) is 0 Å². The predicted molar refractivity (Wildman–Crippen MR) is 50.5 cm³/mol. The maximum Gasteiger partial charge on any atom is 0.354 e. The number of carboxylic acid groups (broad SMARTS) is 2. The van der Waals surface area contributed by atoms with Gasteiger partial charge in [-0.3, -0.25) is 0 Å². The van der Waals surface area contributed by atoms with Crippen LogP contribution in [-0.4, -0.2) is 32.3 Å². The van der Waals surface area contributed by atoms with Gasteiger partial charge in [-0.05, 0) is 13.0 Å². The molecule has 2 rings (SSSR count). The van der Waals surface area contributed by atoms with Crippen LogP contribution in [0.2, 0.25) is 0 Å². The highest BCUT2D eigenvalue weighted by atomic mass is 16.5. The van der Waals surface area contributed by atoms with E-state index in [4.69, 9.17) is 14.7 Å². The summed E-state index contributed by atoms with van der Waals surface area (Å²) in [5.41, 5.74) is -0.297. The summed E-state index contributed by atoms with van der Waals surface area (Å²) in [6, 6.07) is 0.983. The second kappa shape index (κ2) is 3.30. The highest BCUT2D eigenvalue weighted by Gasteiger charge is 2.20. The van der Waals surface area contributed by atoms with Crippen LogP contribution in [-0.2, 0) is 0 Å². The fraction of sp³-hybridized carbons (Fsp3) is 0.111. The Morgan fingerprint density at radius 3 is 2.56 bits per heavy atom. The number of hydrogen-bond donors (Lipinski definition) is 2. The van der Waals surface area contributed by atoms with E-state index in [9.17, 15) is 9.59 Å². The second-order valence-corrected chi connectivity index (χ2v) is 3.11.